The zero-order valence-corrected chi connectivity index (χ0v) is 17.3. The predicted molar refractivity (Wildman–Crippen MR) is 107 cm³/mol. The number of amides is 2. The first-order chi connectivity index (χ1) is 14.6. The van der Waals surface area contributed by atoms with Crippen molar-refractivity contribution in [2.24, 2.45) is 0 Å². The maximum absolute atomic E-state index is 13.0. The average molecular weight is 435 g/mol. The molecule has 1 saturated heterocycles. The van der Waals surface area contributed by atoms with Crippen molar-refractivity contribution in [2.75, 3.05) is 26.2 Å². The molecule has 1 aromatic heterocycles. The summed E-state index contributed by atoms with van der Waals surface area (Å²) >= 11 is 0. The number of halogens is 3. The van der Waals surface area contributed by atoms with Gasteiger partial charge < -0.3 is 15.0 Å². The van der Waals surface area contributed by atoms with Gasteiger partial charge in [-0.15, -0.1) is 0 Å². The Morgan fingerprint density at radius 3 is 2.71 bits per heavy atom. The number of hydrogen-bond donors (Lipinski definition) is 1. The van der Waals surface area contributed by atoms with E-state index in [0.717, 1.165) is 17.7 Å². The number of morpholine rings is 1. The van der Waals surface area contributed by atoms with Crippen LogP contribution in [0.3, 0.4) is 0 Å². The monoisotopic (exact) mass is 435 g/mol. The van der Waals surface area contributed by atoms with Gasteiger partial charge in [0.2, 0.25) is 11.8 Å². The standard InChI is InChI=1S/C22H24F3N3O3/c1-14-8-17(9-16-4-3-5-18(10-16)22(23,24)25)11-19(27-14)20-13-28(6-7-31-20)21(30)12-26-15(2)29/h3-5,8,10-11,20H,6-7,9,12-13H2,1-2H3,(H,26,29). The molecule has 2 aromatic rings. The van der Waals surface area contributed by atoms with Crippen LogP contribution >= 0.6 is 0 Å². The molecule has 1 aliphatic heterocycles. The van der Waals surface area contributed by atoms with Crippen molar-refractivity contribution >= 4 is 11.8 Å². The molecule has 1 fully saturated rings. The third-order valence-electron chi connectivity index (χ3n) is 4.93. The number of hydrogen-bond acceptors (Lipinski definition) is 4. The van der Waals surface area contributed by atoms with Crippen LogP contribution < -0.4 is 5.32 Å². The summed E-state index contributed by atoms with van der Waals surface area (Å²) in [6.45, 7) is 4.11. The molecule has 1 aromatic carbocycles. The molecule has 2 amide bonds. The predicted octanol–water partition coefficient (Wildman–Crippen LogP) is 3.04. The molecule has 2 heterocycles. The first-order valence-corrected chi connectivity index (χ1v) is 9.89. The molecule has 1 atom stereocenters. The highest BCUT2D eigenvalue weighted by molar-refractivity contribution is 5.83. The van der Waals surface area contributed by atoms with Crippen LogP contribution in [0.5, 0.6) is 0 Å². The van der Waals surface area contributed by atoms with Crippen LogP contribution in [0.4, 0.5) is 13.2 Å². The molecule has 166 valence electrons. The van der Waals surface area contributed by atoms with Crippen LogP contribution in [0.2, 0.25) is 0 Å². The minimum atomic E-state index is -4.39. The summed E-state index contributed by atoms with van der Waals surface area (Å²) in [6, 6.07) is 8.89. The lowest BCUT2D eigenvalue weighted by atomic mass is 10.0. The number of carbonyl (C=O) groups is 2. The van der Waals surface area contributed by atoms with E-state index in [1.165, 1.54) is 13.0 Å². The molecule has 0 radical (unpaired) electrons. The topological polar surface area (TPSA) is 71.5 Å². The Kier molecular flexibility index (Phi) is 6.94. The Bertz CT molecular complexity index is 963. The van der Waals surface area contributed by atoms with E-state index in [1.54, 1.807) is 17.0 Å². The van der Waals surface area contributed by atoms with Gasteiger partial charge in [-0.3, -0.25) is 14.6 Å². The van der Waals surface area contributed by atoms with Crippen LogP contribution in [0, 0.1) is 6.92 Å². The summed E-state index contributed by atoms with van der Waals surface area (Å²) < 4.78 is 44.8. The van der Waals surface area contributed by atoms with E-state index in [9.17, 15) is 22.8 Å². The SMILES string of the molecule is CC(=O)NCC(=O)N1CCOC(c2cc(Cc3cccc(C(F)(F)F)c3)cc(C)n2)C1. The smallest absolute Gasteiger partial charge is 0.368 e. The molecule has 31 heavy (non-hydrogen) atoms. The van der Waals surface area contributed by atoms with Crippen LogP contribution in [0.25, 0.3) is 0 Å². The number of nitrogens with one attached hydrogen (secondary N) is 1. The Morgan fingerprint density at radius 1 is 1.23 bits per heavy atom. The van der Waals surface area contributed by atoms with Gasteiger partial charge in [0.15, 0.2) is 0 Å². The highest BCUT2D eigenvalue weighted by Gasteiger charge is 2.30. The van der Waals surface area contributed by atoms with Crippen LogP contribution in [0.1, 0.15) is 41.1 Å². The number of pyridine rings is 1. The summed E-state index contributed by atoms with van der Waals surface area (Å²) in [5.74, 6) is -0.488. The first-order valence-electron chi connectivity index (χ1n) is 9.89. The number of carbonyl (C=O) groups excluding carboxylic acids is 2. The molecule has 1 aliphatic rings. The minimum Gasteiger partial charge on any atom is -0.368 e. The number of nitrogens with zero attached hydrogens (tertiary/aromatic N) is 2. The van der Waals surface area contributed by atoms with Crippen molar-refractivity contribution in [1.29, 1.82) is 0 Å². The maximum atomic E-state index is 13.0. The molecule has 9 heteroatoms. The number of benzene rings is 1. The van der Waals surface area contributed by atoms with E-state index in [0.29, 0.717) is 36.5 Å². The zero-order valence-electron chi connectivity index (χ0n) is 17.3. The second-order valence-electron chi connectivity index (χ2n) is 7.53. The summed E-state index contributed by atoms with van der Waals surface area (Å²) in [5, 5.41) is 2.49. The van der Waals surface area contributed by atoms with Crippen LogP contribution in [-0.2, 0) is 26.9 Å². The summed E-state index contributed by atoms with van der Waals surface area (Å²) in [5.41, 5.74) is 2.01. The Labute approximate surface area is 178 Å². The van der Waals surface area contributed by atoms with Crippen molar-refractivity contribution < 1.29 is 27.5 Å². The molecule has 0 spiro atoms. The van der Waals surface area contributed by atoms with E-state index in [1.807, 2.05) is 13.0 Å². The lowest BCUT2D eigenvalue weighted by molar-refractivity contribution is -0.139. The van der Waals surface area contributed by atoms with Gasteiger partial charge in [0, 0.05) is 19.2 Å². The van der Waals surface area contributed by atoms with Gasteiger partial charge in [0.05, 0.1) is 31.0 Å². The normalized spacial score (nSPS) is 16.8. The van der Waals surface area contributed by atoms with Gasteiger partial charge in [-0.05, 0) is 42.7 Å². The number of aryl methyl sites for hydroxylation is 1. The quantitative estimate of drug-likeness (QED) is 0.784. The molecule has 6 nitrogen and oxygen atoms in total. The highest BCUT2D eigenvalue weighted by atomic mass is 19.4. The van der Waals surface area contributed by atoms with Gasteiger partial charge in [-0.1, -0.05) is 18.2 Å². The van der Waals surface area contributed by atoms with Crippen molar-refractivity contribution in [2.45, 2.75) is 32.5 Å². The largest absolute Gasteiger partial charge is 0.416 e. The van der Waals surface area contributed by atoms with Crippen LogP contribution in [-0.4, -0.2) is 47.9 Å². The van der Waals surface area contributed by atoms with Crippen molar-refractivity contribution in [3.05, 3.63) is 64.5 Å². The van der Waals surface area contributed by atoms with Gasteiger partial charge in [0.25, 0.3) is 0 Å². The van der Waals surface area contributed by atoms with Gasteiger partial charge in [0.1, 0.15) is 6.10 Å². The number of alkyl halides is 3. The Morgan fingerprint density at radius 2 is 2.00 bits per heavy atom. The van der Waals surface area contributed by atoms with Crippen LogP contribution in [0.15, 0.2) is 36.4 Å². The van der Waals surface area contributed by atoms with Gasteiger partial charge >= 0.3 is 6.18 Å². The molecule has 3 rings (SSSR count). The lowest BCUT2D eigenvalue weighted by Crippen LogP contribution is -2.46. The Balaban J connectivity index is 1.75. The third kappa shape index (κ3) is 6.27. The Hall–Kier alpha value is -2.94. The van der Waals surface area contributed by atoms with E-state index in [2.05, 4.69) is 10.3 Å². The minimum absolute atomic E-state index is 0.0793. The van der Waals surface area contributed by atoms with E-state index < -0.39 is 17.8 Å². The van der Waals surface area contributed by atoms with Gasteiger partial charge in [-0.25, -0.2) is 0 Å². The molecule has 0 aliphatic carbocycles. The fourth-order valence-corrected chi connectivity index (χ4v) is 3.50. The lowest BCUT2D eigenvalue weighted by Gasteiger charge is -2.33. The van der Waals surface area contributed by atoms with E-state index >= 15 is 0 Å². The number of aromatic nitrogens is 1. The van der Waals surface area contributed by atoms with Crippen molar-refractivity contribution in [1.82, 2.24) is 15.2 Å². The average Bonchev–Trinajstić information content (AvgIpc) is 2.71. The van der Waals surface area contributed by atoms with Crippen molar-refractivity contribution in [3.63, 3.8) is 0 Å². The second-order valence-corrected chi connectivity index (χ2v) is 7.53. The summed E-state index contributed by atoms with van der Waals surface area (Å²) in [7, 11) is 0. The fourth-order valence-electron chi connectivity index (χ4n) is 3.50. The number of rotatable bonds is 5. The van der Waals surface area contributed by atoms with E-state index in [4.69, 9.17) is 4.74 Å². The second kappa shape index (κ2) is 9.47. The molecule has 0 bridgehead atoms. The summed E-state index contributed by atoms with van der Waals surface area (Å²) in [4.78, 5) is 29.5. The number of ether oxygens (including phenoxy) is 1. The molecule has 1 unspecified atom stereocenters. The molecular weight excluding hydrogens is 411 g/mol. The molecule has 1 N–H and O–H groups in total. The highest BCUT2D eigenvalue weighted by Crippen LogP contribution is 2.30. The zero-order chi connectivity index (χ0) is 22.6. The van der Waals surface area contributed by atoms with Gasteiger partial charge in [-0.2, -0.15) is 13.2 Å². The molecular formula is C22H24F3N3O3. The first kappa shape index (κ1) is 22.7. The molecule has 0 saturated carbocycles. The third-order valence-corrected chi connectivity index (χ3v) is 4.93. The maximum Gasteiger partial charge on any atom is 0.416 e. The van der Waals surface area contributed by atoms with E-state index in [-0.39, 0.29) is 24.9 Å². The van der Waals surface area contributed by atoms with Crippen molar-refractivity contribution in [3.8, 4) is 0 Å². The fraction of sp³-hybridized carbons (Fsp3) is 0.409. The summed E-state index contributed by atoms with van der Waals surface area (Å²) in [6.07, 6.45) is -4.52.